The number of aromatic amines is 1. The first kappa shape index (κ1) is 9.72. The van der Waals surface area contributed by atoms with Gasteiger partial charge in [-0.1, -0.05) is 24.3 Å². The topological polar surface area (TPSA) is 58.6 Å². The van der Waals surface area contributed by atoms with Crippen molar-refractivity contribution in [1.82, 2.24) is 15.2 Å². The molecule has 2 aromatic heterocycles. The molecule has 0 spiro atoms. The largest absolute Gasteiger partial charge is 0.298 e. The Bertz CT molecular complexity index is 688. The molecular formula is C13H9N3O. The van der Waals surface area contributed by atoms with Crippen LogP contribution in [0.25, 0.3) is 22.3 Å². The number of aromatic nitrogens is 3. The van der Waals surface area contributed by atoms with E-state index in [-0.39, 0.29) is 0 Å². The fourth-order valence-corrected chi connectivity index (χ4v) is 1.86. The minimum absolute atomic E-state index is 0.617. The van der Waals surface area contributed by atoms with E-state index in [0.29, 0.717) is 11.3 Å². The van der Waals surface area contributed by atoms with Gasteiger partial charge in [0.1, 0.15) is 11.2 Å². The van der Waals surface area contributed by atoms with Crippen molar-refractivity contribution in [3.05, 3.63) is 48.2 Å². The molecule has 3 rings (SSSR count). The zero-order chi connectivity index (χ0) is 11.7. The van der Waals surface area contributed by atoms with Crippen molar-refractivity contribution in [2.45, 2.75) is 0 Å². The number of fused-ring (bicyclic) bond motifs is 1. The summed E-state index contributed by atoms with van der Waals surface area (Å²) in [6, 6.07) is 11.1. The predicted octanol–water partition coefficient (Wildman–Crippen LogP) is 2.44. The van der Waals surface area contributed by atoms with Gasteiger partial charge >= 0.3 is 0 Å². The van der Waals surface area contributed by atoms with Gasteiger partial charge < -0.3 is 0 Å². The monoisotopic (exact) mass is 223 g/mol. The molecule has 0 aliphatic carbocycles. The fourth-order valence-electron chi connectivity index (χ4n) is 1.86. The number of carbonyl (C=O) groups is 1. The highest BCUT2D eigenvalue weighted by atomic mass is 16.1. The Balaban J connectivity index is 2.31. The Morgan fingerprint density at radius 3 is 2.88 bits per heavy atom. The minimum Gasteiger partial charge on any atom is -0.298 e. The Morgan fingerprint density at radius 1 is 1.12 bits per heavy atom. The summed E-state index contributed by atoms with van der Waals surface area (Å²) in [4.78, 5) is 15.3. The van der Waals surface area contributed by atoms with E-state index >= 15 is 0 Å². The molecule has 0 saturated carbocycles. The molecule has 1 aromatic carbocycles. The molecule has 0 aliphatic rings. The van der Waals surface area contributed by atoms with Gasteiger partial charge in [-0.3, -0.25) is 14.9 Å². The molecule has 0 bridgehead atoms. The molecule has 4 heteroatoms. The molecule has 4 nitrogen and oxygen atoms in total. The van der Waals surface area contributed by atoms with Crippen molar-refractivity contribution < 1.29 is 4.79 Å². The molecule has 0 aliphatic heterocycles. The summed E-state index contributed by atoms with van der Waals surface area (Å²) in [6.45, 7) is 0. The normalized spacial score (nSPS) is 10.6. The van der Waals surface area contributed by atoms with E-state index in [2.05, 4.69) is 15.2 Å². The van der Waals surface area contributed by atoms with Crippen LogP contribution in [0.3, 0.4) is 0 Å². The molecular weight excluding hydrogens is 214 g/mol. The molecule has 17 heavy (non-hydrogen) atoms. The number of pyridine rings is 1. The molecule has 2 heterocycles. The average molecular weight is 223 g/mol. The minimum atomic E-state index is 0.617. The Kier molecular flexibility index (Phi) is 2.19. The van der Waals surface area contributed by atoms with Gasteiger partial charge in [0, 0.05) is 17.3 Å². The van der Waals surface area contributed by atoms with Crippen LogP contribution >= 0.6 is 0 Å². The maximum absolute atomic E-state index is 11.0. The quantitative estimate of drug-likeness (QED) is 0.679. The lowest BCUT2D eigenvalue weighted by Crippen LogP contribution is -1.88. The Morgan fingerprint density at radius 2 is 2.00 bits per heavy atom. The van der Waals surface area contributed by atoms with E-state index in [1.807, 2.05) is 30.3 Å². The summed E-state index contributed by atoms with van der Waals surface area (Å²) in [5, 5.41) is 7.14. The van der Waals surface area contributed by atoms with E-state index in [4.69, 9.17) is 0 Å². The molecule has 0 radical (unpaired) electrons. The number of benzene rings is 1. The molecule has 0 fully saturated rings. The second-order valence-corrected chi connectivity index (χ2v) is 3.68. The fraction of sp³-hybridized carbons (Fsp3) is 0. The van der Waals surface area contributed by atoms with Gasteiger partial charge in [0.2, 0.25) is 0 Å². The summed E-state index contributed by atoms with van der Waals surface area (Å²) in [7, 11) is 0. The lowest BCUT2D eigenvalue weighted by atomic mass is 10.0. The van der Waals surface area contributed by atoms with Gasteiger partial charge in [-0.2, -0.15) is 5.10 Å². The molecule has 1 N–H and O–H groups in total. The van der Waals surface area contributed by atoms with Crippen molar-refractivity contribution in [1.29, 1.82) is 0 Å². The van der Waals surface area contributed by atoms with Gasteiger partial charge in [0.05, 0.1) is 5.52 Å². The van der Waals surface area contributed by atoms with Gasteiger partial charge in [0.15, 0.2) is 6.29 Å². The number of hydrogen-bond donors (Lipinski definition) is 1. The zero-order valence-corrected chi connectivity index (χ0v) is 8.92. The molecule has 0 unspecified atom stereocenters. The summed E-state index contributed by atoms with van der Waals surface area (Å²) < 4.78 is 0. The van der Waals surface area contributed by atoms with Crippen molar-refractivity contribution in [2.75, 3.05) is 0 Å². The summed E-state index contributed by atoms with van der Waals surface area (Å²) in [5.41, 5.74) is 3.77. The highest BCUT2D eigenvalue weighted by molar-refractivity contribution is 5.95. The number of rotatable bonds is 2. The standard InChI is InChI=1S/C13H9N3O/c17-8-9-4-1-2-5-10(9)12-13-11(15-16-12)6-3-7-14-13/h1-8H,(H,15,16). The second-order valence-electron chi connectivity index (χ2n) is 3.68. The number of aldehydes is 1. The number of hydrogen-bond acceptors (Lipinski definition) is 3. The summed E-state index contributed by atoms with van der Waals surface area (Å²) in [6.07, 6.45) is 2.55. The van der Waals surface area contributed by atoms with Crippen LogP contribution in [0.5, 0.6) is 0 Å². The van der Waals surface area contributed by atoms with Crippen molar-refractivity contribution in [3.63, 3.8) is 0 Å². The first-order valence-corrected chi connectivity index (χ1v) is 5.24. The first-order valence-electron chi connectivity index (χ1n) is 5.24. The molecule has 0 atom stereocenters. The van der Waals surface area contributed by atoms with Crippen molar-refractivity contribution in [3.8, 4) is 11.3 Å². The van der Waals surface area contributed by atoms with Crippen molar-refractivity contribution in [2.24, 2.45) is 0 Å². The van der Waals surface area contributed by atoms with E-state index < -0.39 is 0 Å². The van der Waals surface area contributed by atoms with Gasteiger partial charge in [-0.15, -0.1) is 0 Å². The summed E-state index contributed by atoms with van der Waals surface area (Å²) >= 11 is 0. The van der Waals surface area contributed by atoms with Crippen LogP contribution in [0, 0.1) is 0 Å². The highest BCUT2D eigenvalue weighted by Gasteiger charge is 2.11. The molecule has 0 amide bonds. The third kappa shape index (κ3) is 1.50. The van der Waals surface area contributed by atoms with Gasteiger partial charge in [-0.05, 0) is 12.1 Å². The Labute approximate surface area is 97.3 Å². The molecule has 3 aromatic rings. The average Bonchev–Trinajstić information content (AvgIpc) is 2.82. The number of H-pyrrole nitrogens is 1. The summed E-state index contributed by atoms with van der Waals surface area (Å²) in [5.74, 6) is 0. The van der Waals surface area contributed by atoms with E-state index in [1.54, 1.807) is 12.3 Å². The van der Waals surface area contributed by atoms with Crippen LogP contribution in [0.15, 0.2) is 42.6 Å². The first-order chi connectivity index (χ1) is 8.40. The second kappa shape index (κ2) is 3.83. The van der Waals surface area contributed by atoms with Gasteiger partial charge in [0.25, 0.3) is 0 Å². The van der Waals surface area contributed by atoms with Crippen LogP contribution in [-0.4, -0.2) is 21.5 Å². The Hall–Kier alpha value is -2.49. The van der Waals surface area contributed by atoms with E-state index in [0.717, 1.165) is 22.9 Å². The lowest BCUT2D eigenvalue weighted by molar-refractivity contribution is 0.112. The van der Waals surface area contributed by atoms with E-state index in [9.17, 15) is 4.79 Å². The predicted molar refractivity (Wildman–Crippen MR) is 64.7 cm³/mol. The van der Waals surface area contributed by atoms with Crippen LogP contribution in [0.4, 0.5) is 0 Å². The third-order valence-electron chi connectivity index (χ3n) is 2.66. The number of nitrogens with one attached hydrogen (secondary N) is 1. The van der Waals surface area contributed by atoms with Crippen LogP contribution in [0.1, 0.15) is 10.4 Å². The van der Waals surface area contributed by atoms with E-state index in [1.165, 1.54) is 0 Å². The maximum Gasteiger partial charge on any atom is 0.150 e. The highest BCUT2D eigenvalue weighted by Crippen LogP contribution is 2.26. The van der Waals surface area contributed by atoms with Crippen LogP contribution < -0.4 is 0 Å². The van der Waals surface area contributed by atoms with Crippen LogP contribution in [-0.2, 0) is 0 Å². The van der Waals surface area contributed by atoms with Gasteiger partial charge in [-0.25, -0.2) is 0 Å². The number of nitrogens with zero attached hydrogens (tertiary/aromatic N) is 2. The third-order valence-corrected chi connectivity index (χ3v) is 2.66. The van der Waals surface area contributed by atoms with Crippen molar-refractivity contribution >= 4 is 17.3 Å². The lowest BCUT2D eigenvalue weighted by Gasteiger charge is -2.00. The molecule has 0 saturated heterocycles. The van der Waals surface area contributed by atoms with Crippen LogP contribution in [0.2, 0.25) is 0 Å². The number of carbonyl (C=O) groups excluding carboxylic acids is 1. The maximum atomic E-state index is 11.0. The zero-order valence-electron chi connectivity index (χ0n) is 8.92. The smallest absolute Gasteiger partial charge is 0.150 e. The SMILES string of the molecule is O=Cc1ccccc1-c1n[nH]c2cccnc12. The molecule has 82 valence electrons.